The number of aromatic nitrogens is 2. The van der Waals surface area contributed by atoms with Crippen molar-refractivity contribution in [3.8, 4) is 5.75 Å². The Kier molecular flexibility index (Phi) is 6.70. The monoisotopic (exact) mass is 405 g/mol. The average molecular weight is 405 g/mol. The highest BCUT2D eigenvalue weighted by molar-refractivity contribution is 5.98. The molecule has 0 unspecified atom stereocenters. The van der Waals surface area contributed by atoms with Crippen LogP contribution in [-0.4, -0.2) is 57.5 Å². The number of phenols is 1. The maximum atomic E-state index is 12.7. The van der Waals surface area contributed by atoms with E-state index in [0.717, 1.165) is 4.68 Å². The number of phenolic OH excluding ortho intramolecular Hbond substituents is 1. The molecule has 0 bridgehead atoms. The summed E-state index contributed by atoms with van der Waals surface area (Å²) in [7, 11) is 4.49. The molecule has 10 nitrogen and oxygen atoms in total. The van der Waals surface area contributed by atoms with Gasteiger partial charge in [0.15, 0.2) is 5.75 Å². The third-order valence-corrected chi connectivity index (χ3v) is 4.53. The van der Waals surface area contributed by atoms with E-state index in [1.165, 1.54) is 24.1 Å². The number of aliphatic hydroxyl groups excluding tert-OH is 1. The number of nitrogens with one attached hydrogen (secondary N) is 3. The Bertz CT molecular complexity index is 1010. The molecule has 0 aliphatic rings. The quantitative estimate of drug-likeness (QED) is 0.426. The molecule has 1 heterocycles. The molecule has 0 fully saturated rings. The zero-order valence-corrected chi connectivity index (χ0v) is 17.1. The third-order valence-electron chi connectivity index (χ3n) is 4.53. The van der Waals surface area contributed by atoms with Gasteiger partial charge in [0.05, 0.1) is 23.9 Å². The Labute approximate surface area is 167 Å². The molecule has 2 aromatic rings. The van der Waals surface area contributed by atoms with Crippen LogP contribution in [0.1, 0.15) is 24.2 Å². The standard InChI is InChI=1S/C19H27N5O5/c1-10(2)13(9-25)21-14-15(19(29)24(5)22-17(14)27)20-12-8-6-7-11(16(12)26)18(28)23(3)4/h6-8,10,13,20-21,25-26H,9H2,1-5H3,(H,22,27)/t13-/m0/s1. The summed E-state index contributed by atoms with van der Waals surface area (Å²) in [6.45, 7) is 3.47. The highest BCUT2D eigenvalue weighted by Gasteiger charge is 2.22. The zero-order chi connectivity index (χ0) is 21.9. The lowest BCUT2D eigenvalue weighted by molar-refractivity contribution is 0.0824. The Morgan fingerprint density at radius 3 is 2.45 bits per heavy atom. The molecule has 0 spiro atoms. The van der Waals surface area contributed by atoms with Gasteiger partial charge in [0.1, 0.15) is 11.4 Å². The number of anilines is 3. The summed E-state index contributed by atoms with van der Waals surface area (Å²) in [5.41, 5.74) is -1.17. The number of nitrogens with zero attached hydrogens (tertiary/aromatic N) is 2. The fourth-order valence-electron chi connectivity index (χ4n) is 2.70. The highest BCUT2D eigenvalue weighted by atomic mass is 16.3. The van der Waals surface area contributed by atoms with Gasteiger partial charge in [-0.3, -0.25) is 24.2 Å². The summed E-state index contributed by atoms with van der Waals surface area (Å²) in [5, 5.41) is 28.2. The molecule has 0 aliphatic heterocycles. The van der Waals surface area contributed by atoms with Crippen LogP contribution in [0.15, 0.2) is 27.8 Å². The molecule has 2 rings (SSSR count). The summed E-state index contributed by atoms with van der Waals surface area (Å²) in [6, 6.07) is 4.02. The van der Waals surface area contributed by atoms with Crippen LogP contribution in [0.5, 0.6) is 5.75 Å². The van der Waals surface area contributed by atoms with Crippen LogP contribution < -0.4 is 21.8 Å². The molecule has 10 heteroatoms. The first-order valence-corrected chi connectivity index (χ1v) is 9.09. The van der Waals surface area contributed by atoms with E-state index in [9.17, 15) is 24.6 Å². The Morgan fingerprint density at radius 2 is 1.90 bits per heavy atom. The number of hydrogen-bond acceptors (Lipinski definition) is 7. The van der Waals surface area contributed by atoms with Gasteiger partial charge in [-0.1, -0.05) is 19.9 Å². The lowest BCUT2D eigenvalue weighted by atomic mass is 10.1. The molecule has 29 heavy (non-hydrogen) atoms. The number of aromatic hydroxyl groups is 1. The van der Waals surface area contributed by atoms with Crippen molar-refractivity contribution in [3.63, 3.8) is 0 Å². The molecule has 0 saturated carbocycles. The molecule has 158 valence electrons. The van der Waals surface area contributed by atoms with E-state index in [0.29, 0.717) is 0 Å². The lowest BCUT2D eigenvalue weighted by Gasteiger charge is -2.23. The molecule has 1 amide bonds. The van der Waals surface area contributed by atoms with E-state index in [2.05, 4.69) is 15.7 Å². The summed E-state index contributed by atoms with van der Waals surface area (Å²) >= 11 is 0. The highest BCUT2D eigenvalue weighted by Crippen LogP contribution is 2.31. The predicted molar refractivity (Wildman–Crippen MR) is 111 cm³/mol. The molecule has 1 atom stereocenters. The van der Waals surface area contributed by atoms with Crippen LogP contribution in [0.3, 0.4) is 0 Å². The average Bonchev–Trinajstić information content (AvgIpc) is 2.66. The van der Waals surface area contributed by atoms with Crippen LogP contribution in [0, 0.1) is 5.92 Å². The maximum absolute atomic E-state index is 12.7. The van der Waals surface area contributed by atoms with Gasteiger partial charge in [-0.05, 0) is 18.1 Å². The second-order valence-corrected chi connectivity index (χ2v) is 7.26. The van der Waals surface area contributed by atoms with E-state index < -0.39 is 23.1 Å². The van der Waals surface area contributed by atoms with Crippen LogP contribution in [0.25, 0.3) is 0 Å². The number of hydrogen-bond donors (Lipinski definition) is 5. The van der Waals surface area contributed by atoms with Crippen molar-refractivity contribution in [2.75, 3.05) is 31.3 Å². The van der Waals surface area contributed by atoms with Gasteiger partial charge in [0.25, 0.3) is 17.0 Å². The fourth-order valence-corrected chi connectivity index (χ4v) is 2.70. The van der Waals surface area contributed by atoms with Crippen LogP contribution >= 0.6 is 0 Å². The number of carbonyl (C=O) groups is 1. The second kappa shape index (κ2) is 8.82. The summed E-state index contributed by atoms with van der Waals surface area (Å²) in [6.07, 6.45) is 0. The summed E-state index contributed by atoms with van der Waals surface area (Å²) in [4.78, 5) is 38.8. The first-order chi connectivity index (χ1) is 13.6. The zero-order valence-electron chi connectivity index (χ0n) is 17.1. The first-order valence-electron chi connectivity index (χ1n) is 9.09. The number of para-hydroxylation sites is 1. The molecule has 5 N–H and O–H groups in total. The third kappa shape index (κ3) is 4.60. The molecular formula is C19H27N5O5. The minimum absolute atomic E-state index is 0.0225. The number of amides is 1. The van der Waals surface area contributed by atoms with Crippen molar-refractivity contribution in [1.29, 1.82) is 0 Å². The normalized spacial score (nSPS) is 12.0. The van der Waals surface area contributed by atoms with Crippen molar-refractivity contribution in [2.24, 2.45) is 13.0 Å². The number of H-pyrrole nitrogens is 1. The van der Waals surface area contributed by atoms with Crippen molar-refractivity contribution in [2.45, 2.75) is 19.9 Å². The number of rotatable bonds is 7. The van der Waals surface area contributed by atoms with Gasteiger partial charge >= 0.3 is 0 Å². The van der Waals surface area contributed by atoms with E-state index in [4.69, 9.17) is 0 Å². The van der Waals surface area contributed by atoms with Crippen LogP contribution in [0.4, 0.5) is 17.1 Å². The number of carbonyl (C=O) groups excluding carboxylic acids is 1. The Hall–Kier alpha value is -3.27. The van der Waals surface area contributed by atoms with Gasteiger partial charge in [0, 0.05) is 21.1 Å². The van der Waals surface area contributed by atoms with Crippen molar-refractivity contribution < 1.29 is 15.0 Å². The van der Waals surface area contributed by atoms with Gasteiger partial charge < -0.3 is 25.7 Å². The van der Waals surface area contributed by atoms with E-state index >= 15 is 0 Å². The molecule has 0 saturated heterocycles. The van der Waals surface area contributed by atoms with Gasteiger partial charge in [-0.25, -0.2) is 0 Å². The second-order valence-electron chi connectivity index (χ2n) is 7.26. The number of aromatic amines is 1. The molecule has 1 aromatic carbocycles. The Morgan fingerprint density at radius 1 is 1.24 bits per heavy atom. The van der Waals surface area contributed by atoms with Gasteiger partial charge in [-0.2, -0.15) is 0 Å². The van der Waals surface area contributed by atoms with Crippen molar-refractivity contribution in [3.05, 3.63) is 44.5 Å². The van der Waals surface area contributed by atoms with E-state index in [-0.39, 0.29) is 40.9 Å². The van der Waals surface area contributed by atoms with Crippen LogP contribution in [-0.2, 0) is 7.05 Å². The minimum Gasteiger partial charge on any atom is -0.505 e. The number of benzene rings is 1. The van der Waals surface area contributed by atoms with Crippen molar-refractivity contribution in [1.82, 2.24) is 14.7 Å². The molecule has 0 radical (unpaired) electrons. The summed E-state index contributed by atoms with van der Waals surface area (Å²) < 4.78 is 1.01. The van der Waals surface area contributed by atoms with Crippen molar-refractivity contribution >= 4 is 23.0 Å². The topological polar surface area (TPSA) is 140 Å². The van der Waals surface area contributed by atoms with Crippen LogP contribution in [0.2, 0.25) is 0 Å². The number of aliphatic hydroxyl groups is 1. The van der Waals surface area contributed by atoms with Gasteiger partial charge in [0.2, 0.25) is 0 Å². The van der Waals surface area contributed by atoms with Gasteiger partial charge in [-0.15, -0.1) is 0 Å². The SMILES string of the molecule is CC(C)[C@H](CO)Nc1c(Nc2cccc(C(=O)N(C)C)c2O)c(=O)n(C)[nH]c1=O. The summed E-state index contributed by atoms with van der Waals surface area (Å²) in [5.74, 6) is -0.781. The fraction of sp³-hybridized carbons (Fsp3) is 0.421. The van der Waals surface area contributed by atoms with E-state index in [1.54, 1.807) is 20.2 Å². The maximum Gasteiger partial charge on any atom is 0.290 e. The lowest BCUT2D eigenvalue weighted by Crippen LogP contribution is -2.37. The minimum atomic E-state index is -0.575. The smallest absolute Gasteiger partial charge is 0.290 e. The van der Waals surface area contributed by atoms with E-state index in [1.807, 2.05) is 13.8 Å². The first kappa shape index (κ1) is 22.0. The predicted octanol–water partition coefficient (Wildman–Crippen LogP) is 0.653. The Balaban J connectivity index is 2.59. The molecule has 0 aliphatic carbocycles. The molecule has 1 aromatic heterocycles. The number of aryl methyl sites for hydroxylation is 1. The molecular weight excluding hydrogens is 378 g/mol. The largest absolute Gasteiger partial charge is 0.505 e.